The summed E-state index contributed by atoms with van der Waals surface area (Å²) in [6, 6.07) is 15.8. The number of nitrogens with zero attached hydrogens (tertiary/aromatic N) is 2. The monoisotopic (exact) mass is 377 g/mol. The van der Waals surface area contributed by atoms with Crippen LogP contribution in [-0.2, 0) is 9.59 Å². The second kappa shape index (κ2) is 9.33. The first-order chi connectivity index (χ1) is 13.5. The molecule has 0 spiro atoms. The van der Waals surface area contributed by atoms with E-state index in [1.807, 2.05) is 50.2 Å². The molecule has 1 aliphatic rings. The first-order valence-corrected chi connectivity index (χ1v) is 9.64. The highest BCUT2D eigenvalue weighted by molar-refractivity contribution is 6.39. The molecule has 0 bridgehead atoms. The van der Waals surface area contributed by atoms with E-state index >= 15 is 0 Å². The molecular weight excluding hydrogens is 350 g/mol. The maximum absolute atomic E-state index is 12.4. The summed E-state index contributed by atoms with van der Waals surface area (Å²) in [4.78, 5) is 28.6. The first kappa shape index (κ1) is 19.8. The molecule has 2 aromatic rings. The van der Waals surface area contributed by atoms with Crippen LogP contribution in [0, 0.1) is 13.8 Å². The van der Waals surface area contributed by atoms with Crippen molar-refractivity contribution < 1.29 is 9.59 Å². The third kappa shape index (κ3) is 5.30. The molecule has 0 unspecified atom stereocenters. The van der Waals surface area contributed by atoms with E-state index in [-0.39, 0.29) is 0 Å². The van der Waals surface area contributed by atoms with Gasteiger partial charge in [-0.3, -0.25) is 14.5 Å². The highest BCUT2D eigenvalue weighted by Crippen LogP contribution is 2.14. The Hall–Kier alpha value is -2.92. The molecule has 2 aromatic carbocycles. The van der Waals surface area contributed by atoms with Gasteiger partial charge in [0.1, 0.15) is 0 Å². The molecule has 146 valence electrons. The lowest BCUT2D eigenvalue weighted by molar-refractivity contribution is -0.144. The fraction of sp³-hybridized carbons (Fsp3) is 0.304. The minimum absolute atomic E-state index is 0.460. The first-order valence-electron chi connectivity index (χ1n) is 9.64. The molecule has 2 amide bonds. The van der Waals surface area contributed by atoms with Gasteiger partial charge in [0.25, 0.3) is 0 Å². The second-order valence-corrected chi connectivity index (χ2v) is 7.16. The number of hydrogen-bond acceptors (Lipinski definition) is 3. The Kier molecular flexibility index (Phi) is 6.61. The van der Waals surface area contributed by atoms with Gasteiger partial charge >= 0.3 is 11.8 Å². The van der Waals surface area contributed by atoms with Crippen LogP contribution in [0.15, 0.2) is 54.6 Å². The van der Waals surface area contributed by atoms with Gasteiger partial charge in [-0.25, -0.2) is 0 Å². The molecule has 1 heterocycles. The van der Waals surface area contributed by atoms with E-state index in [9.17, 15) is 9.59 Å². The molecule has 0 aromatic heterocycles. The van der Waals surface area contributed by atoms with Crippen LogP contribution in [0.5, 0.6) is 0 Å². The van der Waals surface area contributed by atoms with Gasteiger partial charge in [-0.05, 0) is 42.7 Å². The Balaban J connectivity index is 1.45. The van der Waals surface area contributed by atoms with Gasteiger partial charge in [-0.15, -0.1) is 0 Å². The number of benzene rings is 2. The molecule has 3 rings (SSSR count). The van der Waals surface area contributed by atoms with Gasteiger partial charge in [-0.2, -0.15) is 0 Å². The summed E-state index contributed by atoms with van der Waals surface area (Å²) in [6.07, 6.45) is 4.24. The zero-order valence-electron chi connectivity index (χ0n) is 16.5. The Bertz CT molecular complexity index is 853. The molecule has 0 saturated carbocycles. The molecule has 1 fully saturated rings. The molecule has 1 N–H and O–H groups in total. The maximum atomic E-state index is 12.4. The summed E-state index contributed by atoms with van der Waals surface area (Å²) in [5, 5.41) is 2.72. The Morgan fingerprint density at radius 1 is 0.964 bits per heavy atom. The summed E-state index contributed by atoms with van der Waals surface area (Å²) < 4.78 is 0. The lowest BCUT2D eigenvalue weighted by Gasteiger charge is -2.33. The van der Waals surface area contributed by atoms with Crippen LogP contribution in [0.2, 0.25) is 0 Å². The van der Waals surface area contributed by atoms with Crippen molar-refractivity contribution in [3.05, 3.63) is 71.3 Å². The number of rotatable bonds is 4. The van der Waals surface area contributed by atoms with Crippen molar-refractivity contribution in [1.82, 2.24) is 9.80 Å². The number of amides is 2. The van der Waals surface area contributed by atoms with Crippen molar-refractivity contribution in [1.29, 1.82) is 0 Å². The molecular formula is C23H27N3O2. The summed E-state index contributed by atoms with van der Waals surface area (Å²) in [5.74, 6) is -1.03. The third-order valence-corrected chi connectivity index (χ3v) is 5.09. The zero-order chi connectivity index (χ0) is 19.9. The lowest BCUT2D eigenvalue weighted by Crippen LogP contribution is -2.51. The standard InChI is InChI=1S/C23H27N3O2/c1-18-10-11-21(17-19(18)2)24-22(27)23(28)26-15-13-25(14-16-26)12-6-9-20-7-4-3-5-8-20/h3-11,17H,12-16H2,1-2H3,(H,24,27)/b9-6+. The molecule has 1 saturated heterocycles. The van der Waals surface area contributed by atoms with Crippen LogP contribution in [0.4, 0.5) is 5.69 Å². The smallest absolute Gasteiger partial charge is 0.313 e. The number of piperazine rings is 1. The van der Waals surface area contributed by atoms with E-state index in [4.69, 9.17) is 0 Å². The number of anilines is 1. The Morgan fingerprint density at radius 3 is 2.36 bits per heavy atom. The molecule has 5 nitrogen and oxygen atoms in total. The topological polar surface area (TPSA) is 52.7 Å². The highest BCUT2D eigenvalue weighted by Gasteiger charge is 2.25. The predicted octanol–water partition coefficient (Wildman–Crippen LogP) is 3.10. The lowest BCUT2D eigenvalue weighted by atomic mass is 10.1. The van der Waals surface area contributed by atoms with E-state index in [1.54, 1.807) is 4.90 Å². The van der Waals surface area contributed by atoms with Crippen LogP contribution in [0.3, 0.4) is 0 Å². The fourth-order valence-corrected chi connectivity index (χ4v) is 3.18. The number of nitrogens with one attached hydrogen (secondary N) is 1. The molecule has 0 aliphatic carbocycles. The van der Waals surface area contributed by atoms with Crippen LogP contribution in [0.1, 0.15) is 16.7 Å². The van der Waals surface area contributed by atoms with Gasteiger partial charge in [0.05, 0.1) is 0 Å². The summed E-state index contributed by atoms with van der Waals surface area (Å²) in [7, 11) is 0. The van der Waals surface area contributed by atoms with Gasteiger partial charge in [0, 0.05) is 38.4 Å². The molecule has 0 radical (unpaired) electrons. The summed E-state index contributed by atoms with van der Waals surface area (Å²) in [6.45, 7) is 7.50. The average molecular weight is 377 g/mol. The highest BCUT2D eigenvalue weighted by atomic mass is 16.2. The minimum atomic E-state index is -0.569. The minimum Gasteiger partial charge on any atom is -0.332 e. The largest absolute Gasteiger partial charge is 0.332 e. The molecule has 28 heavy (non-hydrogen) atoms. The van der Waals surface area contributed by atoms with Crippen LogP contribution < -0.4 is 5.32 Å². The number of aryl methyl sites for hydroxylation is 2. The van der Waals surface area contributed by atoms with Gasteiger partial charge in [0.2, 0.25) is 0 Å². The zero-order valence-corrected chi connectivity index (χ0v) is 16.5. The number of carbonyl (C=O) groups excluding carboxylic acids is 2. The van der Waals surface area contributed by atoms with Crippen molar-refractivity contribution in [3.63, 3.8) is 0 Å². The molecule has 0 atom stereocenters. The fourth-order valence-electron chi connectivity index (χ4n) is 3.18. The Labute approximate surface area is 166 Å². The average Bonchev–Trinajstić information content (AvgIpc) is 2.71. The third-order valence-electron chi connectivity index (χ3n) is 5.09. The van der Waals surface area contributed by atoms with Gasteiger partial charge < -0.3 is 10.2 Å². The second-order valence-electron chi connectivity index (χ2n) is 7.16. The van der Waals surface area contributed by atoms with E-state index in [2.05, 4.69) is 34.5 Å². The normalized spacial score (nSPS) is 15.0. The van der Waals surface area contributed by atoms with E-state index in [0.29, 0.717) is 18.8 Å². The quantitative estimate of drug-likeness (QED) is 0.833. The molecule has 1 aliphatic heterocycles. The van der Waals surface area contributed by atoms with E-state index in [0.717, 1.165) is 30.8 Å². The maximum Gasteiger partial charge on any atom is 0.313 e. The number of hydrogen-bond donors (Lipinski definition) is 1. The summed E-state index contributed by atoms with van der Waals surface area (Å²) >= 11 is 0. The predicted molar refractivity (Wildman–Crippen MR) is 113 cm³/mol. The Morgan fingerprint density at radius 2 is 1.68 bits per heavy atom. The van der Waals surface area contributed by atoms with Crippen molar-refractivity contribution in [3.8, 4) is 0 Å². The van der Waals surface area contributed by atoms with Gasteiger partial charge in [0.15, 0.2) is 0 Å². The SMILES string of the molecule is Cc1ccc(NC(=O)C(=O)N2CCN(C/C=C/c3ccccc3)CC2)cc1C. The van der Waals surface area contributed by atoms with Crippen molar-refractivity contribution in [2.75, 3.05) is 38.0 Å². The van der Waals surface area contributed by atoms with Crippen LogP contribution in [0.25, 0.3) is 6.08 Å². The summed E-state index contributed by atoms with van der Waals surface area (Å²) in [5.41, 5.74) is 4.08. The van der Waals surface area contributed by atoms with E-state index < -0.39 is 11.8 Å². The van der Waals surface area contributed by atoms with Crippen molar-refractivity contribution >= 4 is 23.6 Å². The number of carbonyl (C=O) groups is 2. The van der Waals surface area contributed by atoms with E-state index in [1.165, 1.54) is 5.56 Å². The van der Waals surface area contributed by atoms with Gasteiger partial charge in [-0.1, -0.05) is 48.6 Å². The van der Waals surface area contributed by atoms with Crippen LogP contribution in [-0.4, -0.2) is 54.3 Å². The van der Waals surface area contributed by atoms with Crippen molar-refractivity contribution in [2.24, 2.45) is 0 Å². The molecule has 5 heteroatoms. The van der Waals surface area contributed by atoms with Crippen LogP contribution >= 0.6 is 0 Å². The van der Waals surface area contributed by atoms with Crippen molar-refractivity contribution in [2.45, 2.75) is 13.8 Å².